The molecule has 2 aromatic rings. The number of nitrogens with zero attached hydrogens (tertiary/aromatic N) is 3. The first-order valence-corrected chi connectivity index (χ1v) is 8.19. The van der Waals surface area contributed by atoms with Crippen molar-refractivity contribution in [1.82, 2.24) is 20.4 Å². The van der Waals surface area contributed by atoms with Crippen molar-refractivity contribution in [3.8, 4) is 11.4 Å². The zero-order valence-corrected chi connectivity index (χ0v) is 13.7. The van der Waals surface area contributed by atoms with Crippen LogP contribution in [0.5, 0.6) is 0 Å². The topological polar surface area (TPSA) is 63.8 Å². The monoisotopic (exact) mass is 350 g/mol. The number of piperidine rings is 1. The number of hydrogen-bond acceptors (Lipinski definition) is 5. The highest BCUT2D eigenvalue weighted by Gasteiger charge is 2.38. The van der Waals surface area contributed by atoms with Crippen LogP contribution in [-0.4, -0.2) is 28.2 Å². The minimum atomic E-state index is 0.0324. The summed E-state index contributed by atoms with van der Waals surface area (Å²) in [6.07, 6.45) is 7.83. The molecular formula is C15H19BrN4O. The number of hydrogen-bond donors (Lipinski definition) is 1. The maximum absolute atomic E-state index is 5.62. The van der Waals surface area contributed by atoms with E-state index in [0.29, 0.717) is 5.82 Å². The molecule has 0 radical (unpaired) electrons. The van der Waals surface area contributed by atoms with E-state index in [1.54, 1.807) is 12.4 Å². The standard InChI is InChI=1S/C15H19BrN4O/c1-2-3-15(4-6-17-7-5-15)14-19-13(20-21-14)11-8-12(16)10-18-9-11/h8-10,17H,2-7H2,1H3. The lowest BCUT2D eigenvalue weighted by molar-refractivity contribution is 0.208. The first-order valence-electron chi connectivity index (χ1n) is 7.39. The van der Waals surface area contributed by atoms with E-state index in [0.717, 1.165) is 54.7 Å². The van der Waals surface area contributed by atoms with Gasteiger partial charge in [0.2, 0.25) is 11.7 Å². The number of halogens is 1. The molecule has 6 heteroatoms. The first kappa shape index (κ1) is 14.7. The van der Waals surface area contributed by atoms with E-state index in [1.807, 2.05) is 6.07 Å². The lowest BCUT2D eigenvalue weighted by atomic mass is 9.75. The SMILES string of the molecule is CCCC1(c2nc(-c3cncc(Br)c3)no2)CCNCC1. The molecule has 1 N–H and O–H groups in total. The predicted molar refractivity (Wildman–Crippen MR) is 83.9 cm³/mol. The average Bonchev–Trinajstić information content (AvgIpc) is 2.99. The van der Waals surface area contributed by atoms with Crippen molar-refractivity contribution in [3.63, 3.8) is 0 Å². The Labute approximate surface area is 132 Å². The Morgan fingerprint density at radius 2 is 2.14 bits per heavy atom. The zero-order chi connectivity index (χ0) is 14.7. The van der Waals surface area contributed by atoms with Crippen LogP contribution in [0.2, 0.25) is 0 Å². The van der Waals surface area contributed by atoms with Gasteiger partial charge in [-0.1, -0.05) is 18.5 Å². The Kier molecular flexibility index (Phi) is 4.35. The van der Waals surface area contributed by atoms with Crippen molar-refractivity contribution in [1.29, 1.82) is 0 Å². The molecule has 1 aliphatic rings. The number of rotatable bonds is 4. The summed E-state index contributed by atoms with van der Waals surface area (Å²) in [5, 5.41) is 7.57. The molecule has 3 rings (SSSR count). The van der Waals surface area contributed by atoms with Crippen molar-refractivity contribution in [2.45, 2.75) is 38.0 Å². The maximum atomic E-state index is 5.62. The second kappa shape index (κ2) is 6.23. The van der Waals surface area contributed by atoms with E-state index in [2.05, 4.69) is 43.3 Å². The van der Waals surface area contributed by atoms with Gasteiger partial charge in [-0.2, -0.15) is 4.98 Å². The highest BCUT2D eigenvalue weighted by Crippen LogP contribution is 2.37. The minimum absolute atomic E-state index is 0.0324. The smallest absolute Gasteiger partial charge is 0.233 e. The summed E-state index contributed by atoms with van der Waals surface area (Å²) in [5.41, 5.74) is 0.907. The zero-order valence-electron chi connectivity index (χ0n) is 12.1. The van der Waals surface area contributed by atoms with Crippen molar-refractivity contribution in [2.75, 3.05) is 13.1 Å². The van der Waals surface area contributed by atoms with Crippen LogP contribution in [0, 0.1) is 0 Å². The Bertz CT molecular complexity index is 602. The quantitative estimate of drug-likeness (QED) is 0.916. The Balaban J connectivity index is 1.92. The lowest BCUT2D eigenvalue weighted by Gasteiger charge is -2.34. The van der Waals surface area contributed by atoms with Crippen molar-refractivity contribution >= 4 is 15.9 Å². The third kappa shape index (κ3) is 3.01. The molecule has 0 aliphatic carbocycles. The second-order valence-corrected chi connectivity index (χ2v) is 6.51. The molecule has 3 heterocycles. The molecule has 5 nitrogen and oxygen atoms in total. The van der Waals surface area contributed by atoms with Crippen molar-refractivity contribution in [3.05, 3.63) is 28.8 Å². The molecular weight excluding hydrogens is 332 g/mol. The lowest BCUT2D eigenvalue weighted by Crippen LogP contribution is -2.40. The summed E-state index contributed by atoms with van der Waals surface area (Å²) in [6, 6.07) is 1.95. The number of pyridine rings is 1. The average molecular weight is 351 g/mol. The van der Waals surface area contributed by atoms with Gasteiger partial charge in [0, 0.05) is 22.4 Å². The Morgan fingerprint density at radius 1 is 1.33 bits per heavy atom. The fourth-order valence-corrected chi connectivity index (χ4v) is 3.41. The summed E-state index contributed by atoms with van der Waals surface area (Å²) in [4.78, 5) is 8.83. The van der Waals surface area contributed by atoms with E-state index in [4.69, 9.17) is 4.52 Å². The summed E-state index contributed by atoms with van der Waals surface area (Å²) in [6.45, 7) is 4.23. The summed E-state index contributed by atoms with van der Waals surface area (Å²) >= 11 is 3.42. The van der Waals surface area contributed by atoms with Crippen LogP contribution in [0.1, 0.15) is 38.5 Å². The molecule has 0 atom stereocenters. The van der Waals surface area contributed by atoms with E-state index in [9.17, 15) is 0 Å². The molecule has 0 amide bonds. The van der Waals surface area contributed by atoms with Crippen LogP contribution in [0.25, 0.3) is 11.4 Å². The molecule has 1 aliphatic heterocycles. The third-order valence-electron chi connectivity index (χ3n) is 4.13. The van der Waals surface area contributed by atoms with Gasteiger partial charge >= 0.3 is 0 Å². The van der Waals surface area contributed by atoms with E-state index in [1.165, 1.54) is 0 Å². The molecule has 1 saturated heterocycles. The molecule has 21 heavy (non-hydrogen) atoms. The molecule has 2 aromatic heterocycles. The second-order valence-electron chi connectivity index (χ2n) is 5.60. The van der Waals surface area contributed by atoms with Gasteiger partial charge in [-0.3, -0.25) is 4.98 Å². The highest BCUT2D eigenvalue weighted by atomic mass is 79.9. The van der Waals surface area contributed by atoms with Crippen LogP contribution in [0.4, 0.5) is 0 Å². The third-order valence-corrected chi connectivity index (χ3v) is 4.57. The van der Waals surface area contributed by atoms with Gasteiger partial charge in [0.15, 0.2) is 0 Å². The summed E-state index contributed by atoms with van der Waals surface area (Å²) in [7, 11) is 0. The van der Waals surface area contributed by atoms with E-state index < -0.39 is 0 Å². The van der Waals surface area contributed by atoms with Crippen LogP contribution >= 0.6 is 15.9 Å². The minimum Gasteiger partial charge on any atom is -0.338 e. The van der Waals surface area contributed by atoms with Gasteiger partial charge in [-0.15, -0.1) is 0 Å². The van der Waals surface area contributed by atoms with E-state index >= 15 is 0 Å². The highest BCUT2D eigenvalue weighted by molar-refractivity contribution is 9.10. The van der Waals surface area contributed by atoms with Gasteiger partial charge in [-0.25, -0.2) is 0 Å². The molecule has 0 saturated carbocycles. The molecule has 1 fully saturated rings. The largest absolute Gasteiger partial charge is 0.338 e. The molecule has 0 spiro atoms. The number of nitrogens with one attached hydrogen (secondary N) is 1. The summed E-state index contributed by atoms with van der Waals surface area (Å²) in [5.74, 6) is 1.40. The van der Waals surface area contributed by atoms with Crippen molar-refractivity contribution in [2.24, 2.45) is 0 Å². The van der Waals surface area contributed by atoms with Gasteiger partial charge < -0.3 is 9.84 Å². The fraction of sp³-hybridized carbons (Fsp3) is 0.533. The molecule has 112 valence electrons. The molecule has 0 unspecified atom stereocenters. The maximum Gasteiger partial charge on any atom is 0.233 e. The van der Waals surface area contributed by atoms with Gasteiger partial charge in [0.25, 0.3) is 0 Å². The van der Waals surface area contributed by atoms with Crippen LogP contribution in [-0.2, 0) is 5.41 Å². The van der Waals surface area contributed by atoms with Crippen LogP contribution in [0.15, 0.2) is 27.5 Å². The predicted octanol–water partition coefficient (Wildman–Crippen LogP) is 3.32. The van der Waals surface area contributed by atoms with Crippen LogP contribution in [0.3, 0.4) is 0 Å². The van der Waals surface area contributed by atoms with Gasteiger partial charge in [0.05, 0.1) is 5.41 Å². The normalized spacial score (nSPS) is 17.8. The van der Waals surface area contributed by atoms with Gasteiger partial charge in [-0.05, 0) is 54.3 Å². The Hall–Kier alpha value is -1.27. The summed E-state index contributed by atoms with van der Waals surface area (Å²) < 4.78 is 6.54. The number of aromatic nitrogens is 3. The fourth-order valence-electron chi connectivity index (χ4n) is 3.04. The first-order chi connectivity index (χ1) is 10.2. The molecule has 0 bridgehead atoms. The Morgan fingerprint density at radius 3 is 2.86 bits per heavy atom. The van der Waals surface area contributed by atoms with Crippen molar-refractivity contribution < 1.29 is 4.52 Å². The van der Waals surface area contributed by atoms with Crippen LogP contribution < -0.4 is 5.32 Å². The van der Waals surface area contributed by atoms with E-state index in [-0.39, 0.29) is 5.41 Å². The molecule has 0 aromatic carbocycles. The van der Waals surface area contributed by atoms with Gasteiger partial charge in [0.1, 0.15) is 0 Å².